The molecule has 26 heavy (non-hydrogen) atoms. The van der Waals surface area contributed by atoms with Gasteiger partial charge in [0.1, 0.15) is 11.6 Å². The zero-order chi connectivity index (χ0) is 18.7. The number of hydrogen-bond acceptors (Lipinski definition) is 3. The van der Waals surface area contributed by atoms with E-state index in [4.69, 9.17) is 5.73 Å². The summed E-state index contributed by atoms with van der Waals surface area (Å²) in [6, 6.07) is 12.4. The van der Waals surface area contributed by atoms with Crippen molar-refractivity contribution in [3.63, 3.8) is 0 Å². The number of carbonyl (C=O) groups is 1. The molecule has 0 radical (unpaired) electrons. The highest BCUT2D eigenvalue weighted by molar-refractivity contribution is 5.79. The molecule has 3 rings (SSSR count). The Morgan fingerprint density at radius 3 is 1.62 bits per heavy atom. The molecule has 0 saturated carbocycles. The van der Waals surface area contributed by atoms with Crippen LogP contribution >= 0.6 is 0 Å². The fraction of sp³-hybridized carbons (Fsp3) is 0.350. The summed E-state index contributed by atoms with van der Waals surface area (Å²) in [5, 5.41) is 0. The largest absolute Gasteiger partial charge is 0.368 e. The highest BCUT2D eigenvalue weighted by atomic mass is 19.1. The Bertz CT molecular complexity index is 695. The van der Waals surface area contributed by atoms with Crippen LogP contribution in [0.1, 0.15) is 24.1 Å². The van der Waals surface area contributed by atoms with Crippen molar-refractivity contribution in [2.75, 3.05) is 26.2 Å². The van der Waals surface area contributed by atoms with E-state index < -0.39 is 0 Å². The number of nitrogens with zero attached hydrogens (tertiary/aromatic N) is 2. The van der Waals surface area contributed by atoms with Gasteiger partial charge in [0.15, 0.2) is 0 Å². The van der Waals surface area contributed by atoms with E-state index in [-0.39, 0.29) is 29.6 Å². The monoisotopic (exact) mass is 359 g/mol. The van der Waals surface area contributed by atoms with Gasteiger partial charge in [0.25, 0.3) is 0 Å². The van der Waals surface area contributed by atoms with Gasteiger partial charge < -0.3 is 5.73 Å². The van der Waals surface area contributed by atoms with Crippen LogP contribution in [0.15, 0.2) is 48.5 Å². The lowest BCUT2D eigenvalue weighted by Gasteiger charge is -2.41. The number of rotatable bonds is 5. The van der Waals surface area contributed by atoms with Gasteiger partial charge in [-0.3, -0.25) is 14.6 Å². The average molecular weight is 359 g/mol. The third kappa shape index (κ3) is 4.08. The van der Waals surface area contributed by atoms with Crippen molar-refractivity contribution in [1.82, 2.24) is 9.80 Å². The van der Waals surface area contributed by atoms with E-state index in [1.54, 1.807) is 24.3 Å². The second-order valence-corrected chi connectivity index (χ2v) is 6.66. The number of benzene rings is 2. The van der Waals surface area contributed by atoms with Crippen molar-refractivity contribution in [3.05, 3.63) is 71.3 Å². The molecule has 2 aromatic carbocycles. The minimum Gasteiger partial charge on any atom is -0.368 e. The topological polar surface area (TPSA) is 49.6 Å². The summed E-state index contributed by atoms with van der Waals surface area (Å²) in [6.07, 6.45) is 0. The van der Waals surface area contributed by atoms with Crippen molar-refractivity contribution in [1.29, 1.82) is 0 Å². The first-order valence-electron chi connectivity index (χ1n) is 8.74. The summed E-state index contributed by atoms with van der Waals surface area (Å²) in [5.74, 6) is -0.898. The highest BCUT2D eigenvalue weighted by Crippen LogP contribution is 2.30. The van der Waals surface area contributed by atoms with Crippen molar-refractivity contribution in [2.24, 2.45) is 5.73 Å². The lowest BCUT2D eigenvalue weighted by atomic mass is 9.96. The Hall–Kier alpha value is -2.31. The van der Waals surface area contributed by atoms with Gasteiger partial charge in [-0.2, -0.15) is 0 Å². The molecule has 6 heteroatoms. The molecule has 2 aromatic rings. The molecular formula is C20H23F2N3O. The summed E-state index contributed by atoms with van der Waals surface area (Å²) in [4.78, 5) is 15.7. The number of carbonyl (C=O) groups excluding carboxylic acids is 1. The Balaban J connectivity index is 1.84. The van der Waals surface area contributed by atoms with Gasteiger partial charge in [-0.1, -0.05) is 24.3 Å². The molecular weight excluding hydrogens is 336 g/mol. The molecule has 0 unspecified atom stereocenters. The fourth-order valence-electron chi connectivity index (χ4n) is 3.47. The Kier molecular flexibility index (Phi) is 5.64. The van der Waals surface area contributed by atoms with Crippen molar-refractivity contribution in [2.45, 2.75) is 19.0 Å². The molecule has 0 aliphatic carbocycles. The SMILES string of the molecule is C[C@H](C(N)=O)N1CCN(C(c2ccc(F)cc2)c2ccc(F)cc2)CC1. The van der Waals surface area contributed by atoms with E-state index in [1.807, 2.05) is 6.92 Å². The maximum absolute atomic E-state index is 13.3. The molecule has 1 fully saturated rings. The van der Waals surface area contributed by atoms with Gasteiger partial charge in [-0.15, -0.1) is 0 Å². The third-order valence-electron chi connectivity index (χ3n) is 5.04. The van der Waals surface area contributed by atoms with Crippen LogP contribution in [0.4, 0.5) is 8.78 Å². The number of piperazine rings is 1. The number of amides is 1. The van der Waals surface area contributed by atoms with Gasteiger partial charge in [0, 0.05) is 26.2 Å². The molecule has 1 aliphatic heterocycles. The summed E-state index contributed by atoms with van der Waals surface area (Å²) < 4.78 is 26.7. The van der Waals surface area contributed by atoms with Crippen LogP contribution < -0.4 is 5.73 Å². The van der Waals surface area contributed by atoms with Gasteiger partial charge in [-0.25, -0.2) is 8.78 Å². The predicted molar refractivity (Wildman–Crippen MR) is 96.4 cm³/mol. The van der Waals surface area contributed by atoms with E-state index in [2.05, 4.69) is 9.80 Å². The lowest BCUT2D eigenvalue weighted by molar-refractivity contribution is -0.123. The van der Waals surface area contributed by atoms with Gasteiger partial charge in [-0.05, 0) is 42.3 Å². The van der Waals surface area contributed by atoms with Gasteiger partial charge >= 0.3 is 0 Å². The first-order valence-corrected chi connectivity index (χ1v) is 8.74. The lowest BCUT2D eigenvalue weighted by Crippen LogP contribution is -2.53. The Labute approximate surface area is 152 Å². The Morgan fingerprint density at radius 2 is 1.23 bits per heavy atom. The summed E-state index contributed by atoms with van der Waals surface area (Å²) >= 11 is 0. The van der Waals surface area contributed by atoms with E-state index in [9.17, 15) is 13.6 Å². The molecule has 1 saturated heterocycles. The van der Waals surface area contributed by atoms with Gasteiger partial charge in [0.2, 0.25) is 5.91 Å². The van der Waals surface area contributed by atoms with E-state index >= 15 is 0 Å². The average Bonchev–Trinajstić information content (AvgIpc) is 2.65. The molecule has 1 aliphatic rings. The van der Waals surface area contributed by atoms with Crippen LogP contribution in [0.25, 0.3) is 0 Å². The molecule has 2 N–H and O–H groups in total. The van der Waals surface area contributed by atoms with Crippen LogP contribution in [-0.4, -0.2) is 47.9 Å². The summed E-state index contributed by atoms with van der Waals surface area (Å²) in [7, 11) is 0. The maximum Gasteiger partial charge on any atom is 0.234 e. The minimum atomic E-state index is -0.327. The first kappa shape index (κ1) is 18.5. The number of primary amides is 1. The van der Waals surface area contributed by atoms with Crippen LogP contribution in [0.2, 0.25) is 0 Å². The molecule has 0 aromatic heterocycles. The van der Waals surface area contributed by atoms with E-state index in [1.165, 1.54) is 24.3 Å². The molecule has 1 heterocycles. The highest BCUT2D eigenvalue weighted by Gasteiger charge is 2.29. The zero-order valence-corrected chi connectivity index (χ0v) is 14.7. The second kappa shape index (κ2) is 7.93. The van der Waals surface area contributed by atoms with Gasteiger partial charge in [0.05, 0.1) is 12.1 Å². The summed E-state index contributed by atoms with van der Waals surface area (Å²) in [6.45, 7) is 4.70. The number of hydrogen-bond donors (Lipinski definition) is 1. The molecule has 0 bridgehead atoms. The first-order chi connectivity index (χ1) is 12.5. The second-order valence-electron chi connectivity index (χ2n) is 6.66. The van der Waals surface area contributed by atoms with E-state index in [0.29, 0.717) is 13.1 Å². The van der Waals surface area contributed by atoms with E-state index in [0.717, 1.165) is 24.2 Å². The molecule has 4 nitrogen and oxygen atoms in total. The zero-order valence-electron chi connectivity index (χ0n) is 14.7. The molecule has 1 amide bonds. The standard InChI is InChI=1S/C20H23F2N3O/c1-14(20(23)26)24-10-12-25(13-11-24)19(15-2-6-17(21)7-3-15)16-4-8-18(22)9-5-16/h2-9,14,19H,10-13H2,1H3,(H2,23,26)/t14-/m1/s1. The van der Waals surface area contributed by atoms with Crippen molar-refractivity contribution < 1.29 is 13.6 Å². The van der Waals surface area contributed by atoms with Crippen LogP contribution in [0.3, 0.4) is 0 Å². The van der Waals surface area contributed by atoms with Crippen LogP contribution in [0.5, 0.6) is 0 Å². The van der Waals surface area contributed by atoms with Crippen LogP contribution in [-0.2, 0) is 4.79 Å². The van der Waals surface area contributed by atoms with Crippen molar-refractivity contribution >= 4 is 5.91 Å². The quantitative estimate of drug-likeness (QED) is 0.893. The molecule has 138 valence electrons. The minimum absolute atomic E-state index is 0.0952. The number of halogens is 2. The van der Waals surface area contributed by atoms with Crippen LogP contribution in [0, 0.1) is 11.6 Å². The van der Waals surface area contributed by atoms with Crippen molar-refractivity contribution in [3.8, 4) is 0 Å². The summed E-state index contributed by atoms with van der Waals surface area (Å²) in [5.41, 5.74) is 7.31. The smallest absolute Gasteiger partial charge is 0.234 e. The third-order valence-corrected chi connectivity index (χ3v) is 5.04. The molecule has 1 atom stereocenters. The predicted octanol–water partition coefficient (Wildman–Crippen LogP) is 2.55. The Morgan fingerprint density at radius 1 is 0.846 bits per heavy atom. The maximum atomic E-state index is 13.3. The fourth-order valence-corrected chi connectivity index (χ4v) is 3.47. The molecule has 0 spiro atoms. The number of nitrogens with two attached hydrogens (primary N) is 1. The normalized spacial score (nSPS) is 17.4.